The summed E-state index contributed by atoms with van der Waals surface area (Å²) in [7, 11) is 0. The molecule has 0 atom stereocenters. The molecule has 16 heavy (non-hydrogen) atoms. The lowest BCUT2D eigenvalue weighted by molar-refractivity contribution is 0.460. The molecule has 0 saturated carbocycles. The van der Waals surface area contributed by atoms with Crippen LogP contribution in [-0.2, 0) is 0 Å². The van der Waals surface area contributed by atoms with Crippen molar-refractivity contribution in [2.75, 3.05) is 5.73 Å². The fourth-order valence-corrected chi connectivity index (χ4v) is 1.26. The van der Waals surface area contributed by atoms with Crippen molar-refractivity contribution in [3.8, 4) is 11.6 Å². The molecule has 0 bridgehead atoms. The smallest absolute Gasteiger partial charge is 0.238 e. The van der Waals surface area contributed by atoms with Crippen molar-refractivity contribution in [2.24, 2.45) is 0 Å². The predicted molar refractivity (Wildman–Crippen MR) is 62.4 cm³/mol. The lowest BCUT2D eigenvalue weighted by Crippen LogP contribution is -1.97. The first-order valence-electron chi connectivity index (χ1n) is 4.99. The van der Waals surface area contributed by atoms with E-state index in [-0.39, 0.29) is 0 Å². The second-order valence-electron chi connectivity index (χ2n) is 3.52. The summed E-state index contributed by atoms with van der Waals surface area (Å²) in [5, 5.41) is 0. The molecule has 0 aliphatic heterocycles. The Kier molecular flexibility index (Phi) is 2.72. The van der Waals surface area contributed by atoms with E-state index < -0.39 is 0 Å². The van der Waals surface area contributed by atoms with Gasteiger partial charge in [0.05, 0.1) is 23.3 Å². The zero-order valence-electron chi connectivity index (χ0n) is 9.27. The molecule has 0 unspecified atom stereocenters. The van der Waals surface area contributed by atoms with Crippen molar-refractivity contribution < 1.29 is 4.74 Å². The maximum Gasteiger partial charge on any atom is 0.238 e. The molecule has 0 fully saturated rings. The molecular weight excluding hydrogens is 202 g/mol. The monoisotopic (exact) mass is 215 g/mol. The van der Waals surface area contributed by atoms with E-state index in [1.165, 1.54) is 0 Å². The molecule has 2 rings (SSSR count). The van der Waals surface area contributed by atoms with Gasteiger partial charge >= 0.3 is 0 Å². The van der Waals surface area contributed by atoms with Crippen molar-refractivity contribution >= 4 is 5.69 Å². The van der Waals surface area contributed by atoms with Crippen LogP contribution in [0, 0.1) is 13.8 Å². The number of ether oxygens (including phenoxy) is 1. The van der Waals surface area contributed by atoms with Crippen molar-refractivity contribution in [1.29, 1.82) is 0 Å². The Labute approximate surface area is 94.1 Å². The van der Waals surface area contributed by atoms with E-state index in [1.807, 2.05) is 26.0 Å². The minimum Gasteiger partial charge on any atom is -0.435 e. The van der Waals surface area contributed by atoms with Gasteiger partial charge in [-0.3, -0.25) is 4.98 Å². The maximum atomic E-state index is 5.76. The molecule has 82 valence electrons. The van der Waals surface area contributed by atoms with Crippen LogP contribution < -0.4 is 10.5 Å². The van der Waals surface area contributed by atoms with E-state index in [2.05, 4.69) is 9.97 Å². The Morgan fingerprint density at radius 1 is 1.12 bits per heavy atom. The standard InChI is InChI=1S/C12H13N3O/c1-8-9(2)15-12(7-14-8)16-11-6-4-3-5-10(11)13/h3-7H,13H2,1-2H3. The summed E-state index contributed by atoms with van der Waals surface area (Å²) in [5.74, 6) is 1.06. The number of aromatic nitrogens is 2. The second kappa shape index (κ2) is 4.18. The van der Waals surface area contributed by atoms with Crippen molar-refractivity contribution in [1.82, 2.24) is 9.97 Å². The van der Waals surface area contributed by atoms with E-state index >= 15 is 0 Å². The lowest BCUT2D eigenvalue weighted by atomic mass is 10.3. The van der Waals surface area contributed by atoms with Crippen LogP contribution in [0.3, 0.4) is 0 Å². The first-order chi connectivity index (χ1) is 7.66. The highest BCUT2D eigenvalue weighted by Crippen LogP contribution is 2.25. The summed E-state index contributed by atoms with van der Waals surface area (Å²) in [5.41, 5.74) is 8.10. The van der Waals surface area contributed by atoms with Crippen LogP contribution in [0.2, 0.25) is 0 Å². The number of nitrogens with two attached hydrogens (primary N) is 1. The fourth-order valence-electron chi connectivity index (χ4n) is 1.26. The van der Waals surface area contributed by atoms with Gasteiger partial charge in [0.1, 0.15) is 0 Å². The SMILES string of the molecule is Cc1ncc(Oc2ccccc2N)nc1C. The van der Waals surface area contributed by atoms with Crippen LogP contribution in [0.25, 0.3) is 0 Å². The Hall–Kier alpha value is -2.10. The molecule has 4 heteroatoms. The molecule has 0 radical (unpaired) electrons. The topological polar surface area (TPSA) is 61.0 Å². The van der Waals surface area contributed by atoms with E-state index in [1.54, 1.807) is 18.3 Å². The molecule has 0 amide bonds. The number of para-hydroxylation sites is 2. The van der Waals surface area contributed by atoms with Crippen LogP contribution >= 0.6 is 0 Å². The van der Waals surface area contributed by atoms with Gasteiger partial charge in [-0.05, 0) is 26.0 Å². The highest BCUT2D eigenvalue weighted by molar-refractivity contribution is 5.52. The van der Waals surface area contributed by atoms with Gasteiger partial charge in [-0.25, -0.2) is 4.98 Å². The number of benzene rings is 1. The van der Waals surface area contributed by atoms with E-state index in [0.29, 0.717) is 17.3 Å². The first-order valence-corrected chi connectivity index (χ1v) is 4.99. The highest BCUT2D eigenvalue weighted by Gasteiger charge is 2.04. The van der Waals surface area contributed by atoms with Crippen LogP contribution in [0.4, 0.5) is 5.69 Å². The largest absolute Gasteiger partial charge is 0.435 e. The summed E-state index contributed by atoms with van der Waals surface area (Å²) in [6.45, 7) is 3.80. The average molecular weight is 215 g/mol. The van der Waals surface area contributed by atoms with Crippen LogP contribution in [0.15, 0.2) is 30.5 Å². The summed E-state index contributed by atoms with van der Waals surface area (Å²) in [6.07, 6.45) is 1.59. The Morgan fingerprint density at radius 3 is 2.56 bits per heavy atom. The van der Waals surface area contributed by atoms with Crippen molar-refractivity contribution in [2.45, 2.75) is 13.8 Å². The normalized spacial score (nSPS) is 10.1. The molecule has 0 spiro atoms. The van der Waals surface area contributed by atoms with Gasteiger partial charge in [0.25, 0.3) is 0 Å². The van der Waals surface area contributed by atoms with Gasteiger partial charge in [0.2, 0.25) is 5.88 Å². The number of aryl methyl sites for hydroxylation is 2. The third kappa shape index (κ3) is 2.11. The van der Waals surface area contributed by atoms with E-state index in [9.17, 15) is 0 Å². The zero-order chi connectivity index (χ0) is 11.5. The van der Waals surface area contributed by atoms with Crippen molar-refractivity contribution in [3.63, 3.8) is 0 Å². The molecular formula is C12H13N3O. The summed E-state index contributed by atoms with van der Waals surface area (Å²) in [6, 6.07) is 7.30. The quantitative estimate of drug-likeness (QED) is 0.782. The molecule has 0 saturated heterocycles. The first kappa shape index (κ1) is 10.4. The molecule has 1 heterocycles. The third-order valence-corrected chi connectivity index (χ3v) is 2.30. The van der Waals surface area contributed by atoms with Crippen LogP contribution in [0.1, 0.15) is 11.4 Å². The Morgan fingerprint density at radius 2 is 1.88 bits per heavy atom. The minimum absolute atomic E-state index is 0.459. The molecule has 2 N–H and O–H groups in total. The van der Waals surface area contributed by atoms with Crippen LogP contribution in [0.5, 0.6) is 11.6 Å². The van der Waals surface area contributed by atoms with E-state index in [0.717, 1.165) is 11.4 Å². The number of anilines is 1. The number of nitrogens with zero attached hydrogens (tertiary/aromatic N) is 2. The third-order valence-electron chi connectivity index (χ3n) is 2.30. The Balaban J connectivity index is 2.28. The average Bonchev–Trinajstić information content (AvgIpc) is 2.27. The van der Waals surface area contributed by atoms with Gasteiger partial charge in [-0.1, -0.05) is 12.1 Å². The molecule has 0 aliphatic carbocycles. The number of hydrogen-bond donors (Lipinski definition) is 1. The van der Waals surface area contributed by atoms with Gasteiger partial charge in [0, 0.05) is 0 Å². The molecule has 4 nitrogen and oxygen atoms in total. The number of rotatable bonds is 2. The fraction of sp³-hybridized carbons (Fsp3) is 0.167. The Bertz CT molecular complexity index is 511. The van der Waals surface area contributed by atoms with E-state index in [4.69, 9.17) is 10.5 Å². The summed E-state index contributed by atoms with van der Waals surface area (Å²) < 4.78 is 5.55. The minimum atomic E-state index is 0.459. The molecule has 0 aliphatic rings. The lowest BCUT2D eigenvalue weighted by Gasteiger charge is -2.07. The maximum absolute atomic E-state index is 5.76. The number of nitrogen functional groups attached to an aromatic ring is 1. The van der Waals surface area contributed by atoms with Crippen LogP contribution in [-0.4, -0.2) is 9.97 Å². The predicted octanol–water partition coefficient (Wildman–Crippen LogP) is 2.47. The summed E-state index contributed by atoms with van der Waals surface area (Å²) >= 11 is 0. The molecule has 1 aromatic carbocycles. The highest BCUT2D eigenvalue weighted by atomic mass is 16.5. The number of hydrogen-bond acceptors (Lipinski definition) is 4. The van der Waals surface area contributed by atoms with Gasteiger partial charge in [0.15, 0.2) is 5.75 Å². The molecule has 1 aromatic heterocycles. The zero-order valence-corrected chi connectivity index (χ0v) is 9.27. The van der Waals surface area contributed by atoms with Gasteiger partial charge < -0.3 is 10.5 Å². The molecule has 2 aromatic rings. The van der Waals surface area contributed by atoms with Crippen molar-refractivity contribution in [3.05, 3.63) is 41.9 Å². The van der Waals surface area contributed by atoms with Gasteiger partial charge in [-0.15, -0.1) is 0 Å². The van der Waals surface area contributed by atoms with Gasteiger partial charge in [-0.2, -0.15) is 0 Å². The summed E-state index contributed by atoms with van der Waals surface area (Å²) in [4.78, 5) is 8.45. The second-order valence-corrected chi connectivity index (χ2v) is 3.52.